The summed E-state index contributed by atoms with van der Waals surface area (Å²) in [5.41, 5.74) is 2.61. The van der Waals surface area contributed by atoms with Crippen LogP contribution in [-0.2, 0) is 22.7 Å². The molecule has 2 N–H and O–H groups in total. The molecule has 0 saturated carbocycles. The van der Waals surface area contributed by atoms with Crippen LogP contribution in [0.25, 0.3) is 0 Å². The summed E-state index contributed by atoms with van der Waals surface area (Å²) in [6, 6.07) is 20.7. The molecule has 6 nitrogen and oxygen atoms in total. The largest absolute Gasteiger partial charge is 0.493 e. The Morgan fingerprint density at radius 3 is 2.67 bits per heavy atom. The summed E-state index contributed by atoms with van der Waals surface area (Å²) < 4.78 is 11.3. The topological polar surface area (TPSA) is 76.7 Å². The van der Waals surface area contributed by atoms with Gasteiger partial charge < -0.3 is 20.1 Å². The van der Waals surface area contributed by atoms with Gasteiger partial charge in [0.05, 0.1) is 18.0 Å². The zero-order valence-electron chi connectivity index (χ0n) is 18.0. The van der Waals surface area contributed by atoms with Gasteiger partial charge in [-0.1, -0.05) is 48.0 Å². The summed E-state index contributed by atoms with van der Waals surface area (Å²) in [6.07, 6.45) is 0.0774. The normalized spacial score (nSPS) is 14.7. The number of amides is 2. The quantitative estimate of drug-likeness (QED) is 0.470. The molecule has 4 rings (SSSR count). The zero-order valence-corrected chi connectivity index (χ0v) is 19.5. The van der Waals surface area contributed by atoms with Crippen LogP contribution in [0.2, 0.25) is 5.02 Å². The van der Waals surface area contributed by atoms with E-state index in [1.165, 1.54) is 11.8 Å². The van der Waals surface area contributed by atoms with Crippen molar-refractivity contribution in [2.75, 3.05) is 12.4 Å². The highest BCUT2D eigenvalue weighted by atomic mass is 35.5. The SMILES string of the molecule is COc1cc(CNC(=O)CC2Sc3ccc(Cl)cc3NC2=O)ccc1OCc1ccccc1. The fourth-order valence-electron chi connectivity index (χ4n) is 3.37. The number of ether oxygens (including phenoxy) is 2. The number of hydrogen-bond acceptors (Lipinski definition) is 5. The number of methoxy groups -OCH3 is 1. The Morgan fingerprint density at radius 1 is 1.06 bits per heavy atom. The van der Waals surface area contributed by atoms with E-state index in [0.717, 1.165) is 16.0 Å². The highest BCUT2D eigenvalue weighted by Crippen LogP contribution is 2.38. The van der Waals surface area contributed by atoms with Crippen LogP contribution in [0.3, 0.4) is 0 Å². The molecule has 1 aliphatic rings. The third-order valence-corrected chi connectivity index (χ3v) is 6.60. The number of carbonyl (C=O) groups excluding carboxylic acids is 2. The first kappa shape index (κ1) is 23.0. The molecule has 0 bridgehead atoms. The molecule has 3 aromatic carbocycles. The summed E-state index contributed by atoms with van der Waals surface area (Å²) in [5.74, 6) is 0.815. The van der Waals surface area contributed by atoms with Crippen molar-refractivity contribution in [2.24, 2.45) is 0 Å². The van der Waals surface area contributed by atoms with Gasteiger partial charge in [-0.05, 0) is 41.5 Å². The minimum atomic E-state index is -0.498. The smallest absolute Gasteiger partial charge is 0.238 e. The summed E-state index contributed by atoms with van der Waals surface area (Å²) >= 11 is 7.35. The van der Waals surface area contributed by atoms with E-state index in [0.29, 0.717) is 35.4 Å². The van der Waals surface area contributed by atoms with Crippen molar-refractivity contribution in [1.82, 2.24) is 5.32 Å². The van der Waals surface area contributed by atoms with Crippen LogP contribution in [0.1, 0.15) is 17.5 Å². The second-order valence-electron chi connectivity index (χ2n) is 7.48. The lowest BCUT2D eigenvalue weighted by Gasteiger charge is -2.23. The van der Waals surface area contributed by atoms with Crippen LogP contribution in [0, 0.1) is 0 Å². The number of benzene rings is 3. The van der Waals surface area contributed by atoms with Gasteiger partial charge in [0.1, 0.15) is 6.61 Å². The summed E-state index contributed by atoms with van der Waals surface area (Å²) in [7, 11) is 1.58. The summed E-state index contributed by atoms with van der Waals surface area (Å²) in [6.45, 7) is 0.753. The second-order valence-corrected chi connectivity index (χ2v) is 9.16. The Bertz CT molecular complexity index is 1160. The van der Waals surface area contributed by atoms with Gasteiger partial charge in [0.25, 0.3) is 0 Å². The van der Waals surface area contributed by atoms with Gasteiger partial charge >= 0.3 is 0 Å². The van der Waals surface area contributed by atoms with E-state index in [9.17, 15) is 9.59 Å². The number of nitrogens with one attached hydrogen (secondary N) is 2. The van der Waals surface area contributed by atoms with Gasteiger partial charge in [0.15, 0.2) is 11.5 Å². The maximum Gasteiger partial charge on any atom is 0.238 e. The van der Waals surface area contributed by atoms with Gasteiger partial charge in [-0.3, -0.25) is 9.59 Å². The van der Waals surface area contributed by atoms with Crippen LogP contribution < -0.4 is 20.1 Å². The number of halogens is 1. The number of anilines is 1. The fourth-order valence-corrected chi connectivity index (χ4v) is 4.64. The Hall–Kier alpha value is -3.16. The molecule has 0 aliphatic carbocycles. The van der Waals surface area contributed by atoms with Crippen molar-refractivity contribution in [1.29, 1.82) is 0 Å². The monoisotopic (exact) mass is 482 g/mol. The Kier molecular flexibility index (Phi) is 7.42. The highest BCUT2D eigenvalue weighted by Gasteiger charge is 2.29. The van der Waals surface area contributed by atoms with Crippen LogP contribution in [0.5, 0.6) is 11.5 Å². The third kappa shape index (κ3) is 6.00. The molecule has 1 heterocycles. The lowest BCUT2D eigenvalue weighted by molar-refractivity contribution is -0.124. The number of hydrogen-bond donors (Lipinski definition) is 2. The molecule has 33 heavy (non-hydrogen) atoms. The van der Waals surface area contributed by atoms with E-state index in [4.69, 9.17) is 21.1 Å². The molecule has 0 radical (unpaired) electrons. The Balaban J connectivity index is 1.31. The summed E-state index contributed by atoms with van der Waals surface area (Å²) in [5, 5.41) is 5.75. The molecule has 8 heteroatoms. The molecule has 0 spiro atoms. The molecule has 0 fully saturated rings. The lowest BCUT2D eigenvalue weighted by atomic mass is 10.2. The van der Waals surface area contributed by atoms with Crippen LogP contribution in [0.15, 0.2) is 71.6 Å². The van der Waals surface area contributed by atoms with Crippen molar-refractivity contribution in [2.45, 2.75) is 29.7 Å². The van der Waals surface area contributed by atoms with Crippen molar-refractivity contribution in [3.8, 4) is 11.5 Å². The summed E-state index contributed by atoms with van der Waals surface area (Å²) in [4.78, 5) is 25.8. The van der Waals surface area contributed by atoms with Gasteiger partial charge in [-0.2, -0.15) is 0 Å². The van der Waals surface area contributed by atoms with E-state index in [2.05, 4.69) is 10.6 Å². The number of fused-ring (bicyclic) bond motifs is 1. The van der Waals surface area contributed by atoms with Gasteiger partial charge in [0, 0.05) is 22.9 Å². The van der Waals surface area contributed by atoms with E-state index >= 15 is 0 Å². The average molecular weight is 483 g/mol. The first-order valence-corrected chi connectivity index (χ1v) is 11.6. The maximum absolute atomic E-state index is 12.5. The Morgan fingerprint density at radius 2 is 1.88 bits per heavy atom. The molecule has 170 valence electrons. The number of carbonyl (C=O) groups is 2. The predicted octanol–water partition coefficient (Wildman–Crippen LogP) is 5.05. The average Bonchev–Trinajstić information content (AvgIpc) is 2.83. The van der Waals surface area contributed by atoms with Crippen LogP contribution in [0.4, 0.5) is 5.69 Å². The fraction of sp³-hybridized carbons (Fsp3) is 0.200. The molecule has 1 atom stereocenters. The first-order valence-electron chi connectivity index (χ1n) is 10.4. The van der Waals surface area contributed by atoms with Gasteiger partial charge in [-0.25, -0.2) is 0 Å². The molecule has 2 amide bonds. The van der Waals surface area contributed by atoms with Crippen molar-refractivity contribution < 1.29 is 19.1 Å². The second kappa shape index (κ2) is 10.6. The minimum Gasteiger partial charge on any atom is -0.493 e. The van der Waals surface area contributed by atoms with E-state index in [1.54, 1.807) is 19.2 Å². The Labute approximate surface area is 201 Å². The van der Waals surface area contributed by atoms with Gasteiger partial charge in [0.2, 0.25) is 11.8 Å². The van der Waals surface area contributed by atoms with Gasteiger partial charge in [-0.15, -0.1) is 11.8 Å². The number of thioether (sulfide) groups is 1. The predicted molar refractivity (Wildman–Crippen MR) is 130 cm³/mol. The van der Waals surface area contributed by atoms with Crippen molar-refractivity contribution in [3.63, 3.8) is 0 Å². The molecule has 0 saturated heterocycles. The molecule has 0 aromatic heterocycles. The highest BCUT2D eigenvalue weighted by molar-refractivity contribution is 8.01. The van der Waals surface area contributed by atoms with E-state index in [-0.39, 0.29) is 18.2 Å². The maximum atomic E-state index is 12.5. The molecule has 3 aromatic rings. The molecular weight excluding hydrogens is 460 g/mol. The zero-order chi connectivity index (χ0) is 23.2. The molecule has 1 unspecified atom stereocenters. The third-order valence-electron chi connectivity index (χ3n) is 5.09. The molecule has 1 aliphatic heterocycles. The minimum absolute atomic E-state index is 0.0774. The number of rotatable bonds is 8. The van der Waals surface area contributed by atoms with Crippen molar-refractivity contribution >= 4 is 40.9 Å². The van der Waals surface area contributed by atoms with E-state index < -0.39 is 5.25 Å². The molecular formula is C25H23ClN2O4S. The van der Waals surface area contributed by atoms with E-state index in [1.807, 2.05) is 54.6 Å². The van der Waals surface area contributed by atoms with Crippen LogP contribution >= 0.6 is 23.4 Å². The standard InChI is InChI=1S/C25H23ClN2O4S/c1-31-21-11-17(7-9-20(21)32-15-16-5-3-2-4-6-16)14-27-24(29)13-23-25(30)28-19-12-18(26)8-10-22(19)33-23/h2-12,23H,13-15H2,1H3,(H,27,29)(H,28,30). The van der Waals surface area contributed by atoms with Crippen LogP contribution in [-0.4, -0.2) is 24.2 Å². The first-order chi connectivity index (χ1) is 16.0. The lowest BCUT2D eigenvalue weighted by Crippen LogP contribution is -2.34. The van der Waals surface area contributed by atoms with Crippen molar-refractivity contribution in [3.05, 3.63) is 82.9 Å².